The van der Waals surface area contributed by atoms with Gasteiger partial charge >= 0.3 is 12.1 Å². The Hall–Kier alpha value is -3.83. The fraction of sp³-hybridized carbons (Fsp3) is 0.222. The lowest BCUT2D eigenvalue weighted by atomic mass is 10.1. The second-order valence-corrected chi connectivity index (χ2v) is 5.68. The number of esters is 1. The van der Waals surface area contributed by atoms with Gasteiger partial charge in [0.2, 0.25) is 0 Å². The van der Waals surface area contributed by atoms with E-state index < -0.39 is 46.5 Å². The Labute approximate surface area is 167 Å². The second kappa shape index (κ2) is 9.11. The first-order valence-corrected chi connectivity index (χ1v) is 8.11. The van der Waals surface area contributed by atoms with Crippen molar-refractivity contribution in [3.05, 3.63) is 57.6 Å². The fourth-order valence-corrected chi connectivity index (χ4v) is 2.36. The van der Waals surface area contributed by atoms with Gasteiger partial charge in [0.1, 0.15) is 17.1 Å². The molecule has 12 heteroatoms. The average Bonchev–Trinajstić information content (AvgIpc) is 2.70. The molecule has 0 saturated carbocycles. The zero-order valence-corrected chi connectivity index (χ0v) is 15.6. The molecule has 9 nitrogen and oxygen atoms in total. The number of carbonyl (C=O) groups excluding carboxylic acids is 2. The number of anilines is 1. The van der Waals surface area contributed by atoms with Gasteiger partial charge in [0.15, 0.2) is 6.61 Å². The van der Waals surface area contributed by atoms with Gasteiger partial charge in [-0.15, -0.1) is 0 Å². The first-order valence-electron chi connectivity index (χ1n) is 8.11. The first-order chi connectivity index (χ1) is 14.1. The fourth-order valence-electron chi connectivity index (χ4n) is 2.36. The van der Waals surface area contributed by atoms with Gasteiger partial charge in [-0.25, -0.2) is 4.79 Å². The van der Waals surface area contributed by atoms with Crippen LogP contribution in [0.25, 0.3) is 0 Å². The molecule has 0 bridgehead atoms. The summed E-state index contributed by atoms with van der Waals surface area (Å²) < 4.78 is 54.3. The lowest BCUT2D eigenvalue weighted by Crippen LogP contribution is -2.23. The van der Waals surface area contributed by atoms with Crippen molar-refractivity contribution in [1.82, 2.24) is 0 Å². The summed E-state index contributed by atoms with van der Waals surface area (Å²) in [5, 5.41) is 12.6. The summed E-state index contributed by atoms with van der Waals surface area (Å²) in [6.45, 7) is -0.909. The number of nitro benzene ring substituents is 1. The average molecular weight is 428 g/mol. The molecule has 30 heavy (non-hydrogen) atoms. The molecule has 0 aromatic heterocycles. The predicted octanol–water partition coefficient (Wildman–Crippen LogP) is 3.43. The summed E-state index contributed by atoms with van der Waals surface area (Å²) in [4.78, 5) is 33.9. The molecule has 0 spiro atoms. The van der Waals surface area contributed by atoms with Crippen molar-refractivity contribution in [3.8, 4) is 11.5 Å². The highest BCUT2D eigenvalue weighted by Gasteiger charge is 2.35. The number of carbonyl (C=O) groups is 2. The molecule has 2 aromatic carbocycles. The second-order valence-electron chi connectivity index (χ2n) is 5.68. The molecule has 160 valence electrons. The van der Waals surface area contributed by atoms with E-state index in [-0.39, 0.29) is 11.3 Å². The highest BCUT2D eigenvalue weighted by atomic mass is 19.4. The van der Waals surface area contributed by atoms with Crippen molar-refractivity contribution in [2.45, 2.75) is 6.18 Å². The molecule has 0 aliphatic rings. The van der Waals surface area contributed by atoms with Crippen LogP contribution >= 0.6 is 0 Å². The predicted molar refractivity (Wildman–Crippen MR) is 96.6 cm³/mol. The molecule has 1 N–H and O–H groups in total. The number of non-ortho nitro benzene ring substituents is 1. The minimum atomic E-state index is -4.96. The molecule has 1 amide bonds. The smallest absolute Gasteiger partial charge is 0.418 e. The van der Waals surface area contributed by atoms with Crippen LogP contribution in [0.15, 0.2) is 36.4 Å². The van der Waals surface area contributed by atoms with Crippen molar-refractivity contribution in [1.29, 1.82) is 0 Å². The van der Waals surface area contributed by atoms with Gasteiger partial charge in [0.05, 0.1) is 30.4 Å². The van der Waals surface area contributed by atoms with Crippen LogP contribution in [-0.4, -0.2) is 37.6 Å². The zero-order valence-electron chi connectivity index (χ0n) is 15.6. The van der Waals surface area contributed by atoms with Crippen molar-refractivity contribution in [2.75, 3.05) is 26.1 Å². The van der Waals surface area contributed by atoms with Crippen molar-refractivity contribution in [2.24, 2.45) is 0 Å². The SMILES string of the molecule is COc1ccc(OC)c(C(=O)OCC(=O)Nc2ccc([N+](=O)[O-])cc2C(F)(F)F)c1. The third-order valence-electron chi connectivity index (χ3n) is 3.75. The van der Waals surface area contributed by atoms with Crippen LogP contribution in [0.2, 0.25) is 0 Å². The van der Waals surface area contributed by atoms with Crippen LogP contribution in [0.5, 0.6) is 11.5 Å². The number of rotatable bonds is 7. The lowest BCUT2D eigenvalue weighted by Gasteiger charge is -2.14. The molecule has 0 heterocycles. The van der Waals surface area contributed by atoms with Crippen molar-refractivity contribution in [3.63, 3.8) is 0 Å². The highest BCUT2D eigenvalue weighted by molar-refractivity contribution is 5.97. The van der Waals surface area contributed by atoms with Gasteiger partial charge in [0.25, 0.3) is 11.6 Å². The minimum absolute atomic E-state index is 0.0593. The van der Waals surface area contributed by atoms with Gasteiger partial charge < -0.3 is 19.5 Å². The zero-order chi connectivity index (χ0) is 22.5. The number of hydrogen-bond donors (Lipinski definition) is 1. The molecule has 0 radical (unpaired) electrons. The summed E-state index contributed by atoms with van der Waals surface area (Å²) in [5.41, 5.74) is -2.98. The van der Waals surface area contributed by atoms with Gasteiger partial charge in [-0.1, -0.05) is 0 Å². The monoisotopic (exact) mass is 428 g/mol. The molecule has 2 aromatic rings. The van der Waals surface area contributed by atoms with E-state index >= 15 is 0 Å². The number of hydrogen-bond acceptors (Lipinski definition) is 7. The number of nitro groups is 1. The maximum atomic E-state index is 13.1. The number of alkyl halides is 3. The summed E-state index contributed by atoms with van der Waals surface area (Å²) in [5.74, 6) is -1.60. The number of methoxy groups -OCH3 is 2. The Kier molecular flexibility index (Phi) is 6.82. The summed E-state index contributed by atoms with van der Waals surface area (Å²) >= 11 is 0. The number of amides is 1. The van der Waals surface area contributed by atoms with E-state index in [9.17, 15) is 32.9 Å². The molecule has 0 aliphatic heterocycles. The van der Waals surface area contributed by atoms with Crippen LogP contribution in [0, 0.1) is 10.1 Å². The minimum Gasteiger partial charge on any atom is -0.497 e. The number of ether oxygens (including phenoxy) is 3. The molecule has 0 atom stereocenters. The number of halogens is 3. The molecule has 0 aliphatic carbocycles. The number of nitrogens with zero attached hydrogens (tertiary/aromatic N) is 1. The standard InChI is InChI=1S/C18H15F3N2O7/c1-28-11-4-6-15(29-2)12(8-11)17(25)30-9-16(24)22-14-5-3-10(23(26)27)7-13(14)18(19,20)21/h3-8H,9H2,1-2H3,(H,22,24). The summed E-state index contributed by atoms with van der Waals surface area (Å²) in [7, 11) is 2.67. The van der Waals surface area contributed by atoms with Crippen molar-refractivity contribution >= 4 is 23.3 Å². The van der Waals surface area contributed by atoms with E-state index in [0.717, 1.165) is 12.1 Å². The quantitative estimate of drug-likeness (QED) is 0.408. The molecule has 0 saturated heterocycles. The Bertz CT molecular complexity index is 977. The third-order valence-corrected chi connectivity index (χ3v) is 3.75. The van der Waals surface area contributed by atoms with Crippen LogP contribution in [0.3, 0.4) is 0 Å². The maximum Gasteiger partial charge on any atom is 0.418 e. The summed E-state index contributed by atoms with van der Waals surface area (Å²) in [6.07, 6.45) is -4.96. The Balaban J connectivity index is 2.13. The molecule has 0 unspecified atom stereocenters. The van der Waals surface area contributed by atoms with E-state index in [1.54, 1.807) is 0 Å². The van der Waals surface area contributed by atoms with E-state index in [4.69, 9.17) is 14.2 Å². The Morgan fingerprint density at radius 3 is 2.37 bits per heavy atom. The normalized spacial score (nSPS) is 10.8. The molecular weight excluding hydrogens is 413 g/mol. The van der Waals surface area contributed by atoms with Gasteiger partial charge in [0, 0.05) is 12.1 Å². The van der Waals surface area contributed by atoms with E-state index in [2.05, 4.69) is 0 Å². The maximum absolute atomic E-state index is 13.1. The van der Waals surface area contributed by atoms with E-state index in [1.165, 1.54) is 32.4 Å². The van der Waals surface area contributed by atoms with Gasteiger partial charge in [-0.2, -0.15) is 13.2 Å². The van der Waals surface area contributed by atoms with Crippen LogP contribution in [-0.2, 0) is 15.7 Å². The van der Waals surface area contributed by atoms with E-state index in [0.29, 0.717) is 11.8 Å². The largest absolute Gasteiger partial charge is 0.497 e. The topological polar surface area (TPSA) is 117 Å². The van der Waals surface area contributed by atoms with Gasteiger partial charge in [-0.3, -0.25) is 14.9 Å². The lowest BCUT2D eigenvalue weighted by molar-refractivity contribution is -0.385. The van der Waals surface area contributed by atoms with Crippen LogP contribution in [0.4, 0.5) is 24.5 Å². The Morgan fingerprint density at radius 2 is 1.80 bits per heavy atom. The van der Waals surface area contributed by atoms with Crippen LogP contribution in [0.1, 0.15) is 15.9 Å². The van der Waals surface area contributed by atoms with E-state index in [1.807, 2.05) is 5.32 Å². The highest BCUT2D eigenvalue weighted by Crippen LogP contribution is 2.37. The van der Waals surface area contributed by atoms with Crippen LogP contribution < -0.4 is 14.8 Å². The molecule has 0 fully saturated rings. The molecule has 2 rings (SSSR count). The number of nitrogens with one attached hydrogen (secondary N) is 1. The van der Waals surface area contributed by atoms with Crippen molar-refractivity contribution < 1.29 is 41.9 Å². The van der Waals surface area contributed by atoms with Gasteiger partial charge in [-0.05, 0) is 24.3 Å². The third kappa shape index (κ3) is 5.37. The number of benzene rings is 2. The molecular formula is C18H15F3N2O7. The Morgan fingerprint density at radius 1 is 1.10 bits per heavy atom. The summed E-state index contributed by atoms with van der Waals surface area (Å²) in [6, 6.07) is 6.10. The first kappa shape index (κ1) is 22.5.